The topological polar surface area (TPSA) is 63.0 Å². The first-order valence-corrected chi connectivity index (χ1v) is 6.31. The van der Waals surface area contributed by atoms with Crippen LogP contribution in [0.4, 0.5) is 11.5 Å². The Hall–Kier alpha value is -0.940. The molecule has 82 valence electrons. The van der Waals surface area contributed by atoms with Crippen LogP contribution in [0, 0.1) is 0 Å². The Labute approximate surface area is 94.0 Å². The van der Waals surface area contributed by atoms with Crippen LogP contribution in [0.1, 0.15) is 12.8 Å². The van der Waals surface area contributed by atoms with Crippen LogP contribution in [0.5, 0.6) is 0 Å². The minimum Gasteiger partial charge on any atom is -0.381 e. The summed E-state index contributed by atoms with van der Waals surface area (Å²) in [6, 6.07) is 4.48. The first-order chi connectivity index (χ1) is 7.38. The van der Waals surface area contributed by atoms with Crippen molar-refractivity contribution >= 4 is 23.3 Å². The molecule has 1 fully saturated rings. The van der Waals surface area contributed by atoms with Gasteiger partial charge in [0.2, 0.25) is 0 Å². The summed E-state index contributed by atoms with van der Waals surface area (Å²) in [5, 5.41) is 3.50. The van der Waals surface area contributed by atoms with Crippen LogP contribution in [0.15, 0.2) is 18.3 Å². The van der Waals surface area contributed by atoms with Crippen LogP contribution in [-0.4, -0.2) is 22.5 Å². The molecule has 0 saturated carbocycles. The van der Waals surface area contributed by atoms with Gasteiger partial charge in [-0.3, -0.25) is 0 Å². The van der Waals surface area contributed by atoms with Crippen molar-refractivity contribution in [1.29, 1.82) is 0 Å². The van der Waals surface area contributed by atoms with Crippen LogP contribution < -0.4 is 16.6 Å². The zero-order valence-corrected chi connectivity index (χ0v) is 9.39. The van der Waals surface area contributed by atoms with Gasteiger partial charge in [-0.1, -0.05) is 0 Å². The Balaban J connectivity index is 1.96. The van der Waals surface area contributed by atoms with E-state index in [2.05, 4.69) is 15.7 Å². The summed E-state index contributed by atoms with van der Waals surface area (Å²) in [4.78, 5) is 4.07. The number of thioether (sulfide) groups is 1. The Bertz CT molecular complexity index is 312. The zero-order valence-electron chi connectivity index (χ0n) is 8.57. The van der Waals surface area contributed by atoms with E-state index in [9.17, 15) is 0 Å². The van der Waals surface area contributed by atoms with Gasteiger partial charge in [-0.25, -0.2) is 10.8 Å². The van der Waals surface area contributed by atoms with E-state index < -0.39 is 0 Å². The van der Waals surface area contributed by atoms with Crippen molar-refractivity contribution < 1.29 is 0 Å². The van der Waals surface area contributed by atoms with Crippen molar-refractivity contribution in [2.75, 3.05) is 22.2 Å². The molecule has 1 aliphatic rings. The number of nitrogen functional groups attached to an aromatic ring is 1. The van der Waals surface area contributed by atoms with E-state index in [0.29, 0.717) is 11.9 Å². The third-order valence-electron chi connectivity index (χ3n) is 2.44. The highest BCUT2D eigenvalue weighted by atomic mass is 32.2. The molecule has 0 amide bonds. The van der Waals surface area contributed by atoms with Crippen LogP contribution in [0.25, 0.3) is 0 Å². The molecule has 5 heteroatoms. The molecule has 0 spiro atoms. The molecule has 0 aliphatic carbocycles. The van der Waals surface area contributed by atoms with Gasteiger partial charge < -0.3 is 10.7 Å². The highest BCUT2D eigenvalue weighted by molar-refractivity contribution is 7.99. The number of hydrazine groups is 1. The maximum absolute atomic E-state index is 5.31. The van der Waals surface area contributed by atoms with Gasteiger partial charge >= 0.3 is 0 Å². The van der Waals surface area contributed by atoms with Crippen molar-refractivity contribution in [2.24, 2.45) is 5.84 Å². The quantitative estimate of drug-likeness (QED) is 0.538. The van der Waals surface area contributed by atoms with E-state index in [1.807, 2.05) is 23.9 Å². The lowest BCUT2D eigenvalue weighted by Gasteiger charge is -2.23. The first-order valence-electron chi connectivity index (χ1n) is 5.15. The minimum absolute atomic E-state index is 0.580. The second-order valence-corrected chi connectivity index (χ2v) is 4.78. The summed E-state index contributed by atoms with van der Waals surface area (Å²) in [7, 11) is 0. The van der Waals surface area contributed by atoms with Gasteiger partial charge in [-0.05, 0) is 24.7 Å². The van der Waals surface area contributed by atoms with Gasteiger partial charge in [0.25, 0.3) is 0 Å². The summed E-state index contributed by atoms with van der Waals surface area (Å²) in [6.45, 7) is 0. The summed E-state index contributed by atoms with van der Waals surface area (Å²) >= 11 is 2.01. The lowest BCUT2D eigenvalue weighted by atomic mass is 10.2. The normalized spacial score (nSPS) is 21.0. The van der Waals surface area contributed by atoms with E-state index in [-0.39, 0.29) is 0 Å². The van der Waals surface area contributed by atoms with E-state index in [1.165, 1.54) is 24.3 Å². The zero-order chi connectivity index (χ0) is 10.5. The van der Waals surface area contributed by atoms with Crippen molar-refractivity contribution in [3.8, 4) is 0 Å². The third kappa shape index (κ3) is 3.00. The van der Waals surface area contributed by atoms with E-state index in [1.54, 1.807) is 6.20 Å². The predicted molar refractivity (Wildman–Crippen MR) is 66.0 cm³/mol. The highest BCUT2D eigenvalue weighted by Crippen LogP contribution is 2.21. The number of hydrogen-bond donors (Lipinski definition) is 3. The van der Waals surface area contributed by atoms with Crippen molar-refractivity contribution in [1.82, 2.24) is 4.98 Å². The molecule has 1 saturated heterocycles. The molecular weight excluding hydrogens is 208 g/mol. The van der Waals surface area contributed by atoms with Crippen molar-refractivity contribution in [3.05, 3.63) is 18.3 Å². The van der Waals surface area contributed by atoms with Gasteiger partial charge in [-0.15, -0.1) is 0 Å². The largest absolute Gasteiger partial charge is 0.381 e. The smallest absolute Gasteiger partial charge is 0.141 e. The molecule has 1 aromatic heterocycles. The molecule has 1 aromatic rings. The number of rotatable bonds is 3. The molecule has 2 rings (SSSR count). The fourth-order valence-electron chi connectivity index (χ4n) is 1.69. The van der Waals surface area contributed by atoms with E-state index in [4.69, 9.17) is 5.84 Å². The number of pyridine rings is 1. The van der Waals surface area contributed by atoms with Gasteiger partial charge in [0.15, 0.2) is 0 Å². The van der Waals surface area contributed by atoms with E-state index in [0.717, 1.165) is 5.69 Å². The fourth-order valence-corrected chi connectivity index (χ4v) is 2.76. The molecule has 1 atom stereocenters. The van der Waals surface area contributed by atoms with Gasteiger partial charge in [0.1, 0.15) is 5.82 Å². The SMILES string of the molecule is NNc1cc(NC2CCCSC2)ccn1. The Morgan fingerprint density at radius 3 is 3.20 bits per heavy atom. The van der Waals surface area contributed by atoms with Crippen molar-refractivity contribution in [3.63, 3.8) is 0 Å². The lowest BCUT2D eigenvalue weighted by molar-refractivity contribution is 0.685. The maximum atomic E-state index is 5.31. The molecule has 0 bridgehead atoms. The Kier molecular flexibility index (Phi) is 3.69. The number of nitrogens with zero attached hydrogens (tertiary/aromatic N) is 1. The molecule has 15 heavy (non-hydrogen) atoms. The number of anilines is 2. The van der Waals surface area contributed by atoms with Gasteiger partial charge in [-0.2, -0.15) is 11.8 Å². The lowest BCUT2D eigenvalue weighted by Crippen LogP contribution is -2.25. The average Bonchev–Trinajstić information content (AvgIpc) is 2.31. The molecule has 1 unspecified atom stereocenters. The van der Waals surface area contributed by atoms with Crippen LogP contribution >= 0.6 is 11.8 Å². The van der Waals surface area contributed by atoms with Crippen molar-refractivity contribution in [2.45, 2.75) is 18.9 Å². The molecule has 0 aromatic carbocycles. The third-order valence-corrected chi connectivity index (χ3v) is 3.65. The number of nitrogens with one attached hydrogen (secondary N) is 2. The molecule has 4 N–H and O–H groups in total. The fraction of sp³-hybridized carbons (Fsp3) is 0.500. The summed E-state index contributed by atoms with van der Waals surface area (Å²) < 4.78 is 0. The van der Waals surface area contributed by atoms with Crippen LogP contribution in [-0.2, 0) is 0 Å². The standard InChI is InChI=1S/C10H16N4S/c11-14-10-6-8(3-4-12-10)13-9-2-1-5-15-7-9/h3-4,6,9H,1-2,5,7,11H2,(H2,12,13,14). The predicted octanol–water partition coefficient (Wildman–Crippen LogP) is 1.67. The van der Waals surface area contributed by atoms with Crippen LogP contribution in [0.3, 0.4) is 0 Å². The molecule has 2 heterocycles. The first kappa shape index (κ1) is 10.6. The molecule has 0 radical (unpaired) electrons. The average molecular weight is 224 g/mol. The maximum Gasteiger partial charge on any atom is 0.141 e. The Morgan fingerprint density at radius 1 is 1.53 bits per heavy atom. The Morgan fingerprint density at radius 2 is 2.47 bits per heavy atom. The summed E-state index contributed by atoms with van der Waals surface area (Å²) in [5.41, 5.74) is 3.64. The number of aromatic nitrogens is 1. The molecular formula is C10H16N4S. The van der Waals surface area contributed by atoms with E-state index >= 15 is 0 Å². The minimum atomic E-state index is 0.580. The second-order valence-electron chi connectivity index (χ2n) is 3.63. The summed E-state index contributed by atoms with van der Waals surface area (Å²) in [5.74, 6) is 8.49. The van der Waals surface area contributed by atoms with Gasteiger partial charge in [0, 0.05) is 29.7 Å². The van der Waals surface area contributed by atoms with Crippen LogP contribution in [0.2, 0.25) is 0 Å². The monoisotopic (exact) mass is 224 g/mol. The number of nitrogens with two attached hydrogens (primary N) is 1. The second kappa shape index (κ2) is 5.23. The molecule has 1 aliphatic heterocycles. The summed E-state index contributed by atoms with van der Waals surface area (Å²) in [6.07, 6.45) is 4.31. The number of hydrogen-bond acceptors (Lipinski definition) is 5. The van der Waals surface area contributed by atoms with Gasteiger partial charge in [0.05, 0.1) is 0 Å². The molecule has 4 nitrogen and oxygen atoms in total. The highest BCUT2D eigenvalue weighted by Gasteiger charge is 2.13.